The average Bonchev–Trinajstić information content (AvgIpc) is 2.55. The lowest BCUT2D eigenvalue weighted by Crippen LogP contribution is -2.41. The van der Waals surface area contributed by atoms with Crippen molar-refractivity contribution in [1.82, 2.24) is 10.2 Å². The van der Waals surface area contributed by atoms with Gasteiger partial charge in [0.1, 0.15) is 6.42 Å². The summed E-state index contributed by atoms with van der Waals surface area (Å²) in [5.41, 5.74) is 0.362. The number of hydrogen-bond donors (Lipinski definition) is 1. The zero-order valence-corrected chi connectivity index (χ0v) is 14.0. The van der Waals surface area contributed by atoms with Gasteiger partial charge in [-0.1, -0.05) is 23.2 Å². The second-order valence-electron chi connectivity index (χ2n) is 5.49. The Bertz CT molecular complexity index is 635. The highest BCUT2D eigenvalue weighted by Gasteiger charge is 2.23. The van der Waals surface area contributed by atoms with Crippen LogP contribution in [0.1, 0.15) is 29.6 Å². The summed E-state index contributed by atoms with van der Waals surface area (Å²) in [6.07, 6.45) is 1.54. The maximum atomic E-state index is 12.2. The molecule has 7 heteroatoms. The summed E-state index contributed by atoms with van der Waals surface area (Å²) >= 11 is 11.9. The maximum Gasteiger partial charge on any atom is 0.252 e. The van der Waals surface area contributed by atoms with E-state index in [1.165, 1.54) is 0 Å². The van der Waals surface area contributed by atoms with Gasteiger partial charge in [-0.25, -0.2) is 0 Å². The van der Waals surface area contributed by atoms with Crippen molar-refractivity contribution in [2.45, 2.75) is 19.3 Å². The number of nitriles is 1. The molecule has 0 aromatic heterocycles. The van der Waals surface area contributed by atoms with Gasteiger partial charge in [-0.2, -0.15) is 5.26 Å². The minimum atomic E-state index is -0.250. The Morgan fingerprint density at radius 3 is 2.65 bits per heavy atom. The third-order valence-electron chi connectivity index (χ3n) is 3.92. The van der Waals surface area contributed by atoms with Crippen LogP contribution in [-0.4, -0.2) is 36.3 Å². The summed E-state index contributed by atoms with van der Waals surface area (Å²) in [6, 6.07) is 6.65. The van der Waals surface area contributed by atoms with Crippen LogP contribution in [0.4, 0.5) is 0 Å². The van der Waals surface area contributed by atoms with Gasteiger partial charge in [-0.3, -0.25) is 9.59 Å². The van der Waals surface area contributed by atoms with Gasteiger partial charge in [0, 0.05) is 24.7 Å². The number of halogens is 2. The highest BCUT2D eigenvalue weighted by atomic mass is 35.5. The minimum absolute atomic E-state index is 0.0747. The average molecular weight is 354 g/mol. The normalized spacial score (nSPS) is 15.1. The second kappa shape index (κ2) is 8.19. The number of amides is 2. The molecule has 0 unspecified atom stereocenters. The topological polar surface area (TPSA) is 73.2 Å². The number of piperidine rings is 1. The highest BCUT2D eigenvalue weighted by Crippen LogP contribution is 2.21. The van der Waals surface area contributed by atoms with Gasteiger partial charge in [-0.15, -0.1) is 0 Å². The molecule has 0 radical (unpaired) electrons. The lowest BCUT2D eigenvalue weighted by molar-refractivity contribution is -0.131. The largest absolute Gasteiger partial charge is 0.352 e. The van der Waals surface area contributed by atoms with E-state index < -0.39 is 0 Å². The summed E-state index contributed by atoms with van der Waals surface area (Å²) in [4.78, 5) is 25.5. The van der Waals surface area contributed by atoms with Gasteiger partial charge in [0.05, 0.1) is 16.7 Å². The van der Waals surface area contributed by atoms with Crippen LogP contribution >= 0.6 is 23.2 Å². The number of nitrogens with one attached hydrogen (secondary N) is 1. The molecule has 2 rings (SSSR count). The molecule has 1 aromatic rings. The van der Waals surface area contributed by atoms with E-state index in [1.54, 1.807) is 23.1 Å². The van der Waals surface area contributed by atoms with Crippen LogP contribution in [0.25, 0.3) is 0 Å². The molecular formula is C16H17Cl2N3O2. The third kappa shape index (κ3) is 4.85. The molecule has 1 fully saturated rings. The van der Waals surface area contributed by atoms with Crippen LogP contribution in [0.5, 0.6) is 0 Å². The molecule has 1 saturated heterocycles. The Balaban J connectivity index is 1.81. The van der Waals surface area contributed by atoms with Crippen molar-refractivity contribution in [2.24, 2.45) is 5.92 Å². The Kier molecular flexibility index (Phi) is 6.26. The molecule has 1 aromatic carbocycles. The summed E-state index contributed by atoms with van der Waals surface area (Å²) in [6.45, 7) is 1.78. The van der Waals surface area contributed by atoms with Crippen molar-refractivity contribution in [3.63, 3.8) is 0 Å². The Hall–Kier alpha value is -1.77. The monoisotopic (exact) mass is 353 g/mol. The van der Waals surface area contributed by atoms with E-state index in [4.69, 9.17) is 28.5 Å². The fourth-order valence-corrected chi connectivity index (χ4v) is 2.95. The van der Waals surface area contributed by atoms with Crippen LogP contribution in [0, 0.1) is 17.2 Å². The van der Waals surface area contributed by atoms with E-state index >= 15 is 0 Å². The van der Waals surface area contributed by atoms with Crippen molar-refractivity contribution < 1.29 is 9.59 Å². The van der Waals surface area contributed by atoms with Crippen molar-refractivity contribution in [3.8, 4) is 6.07 Å². The van der Waals surface area contributed by atoms with Gasteiger partial charge in [0.25, 0.3) is 5.91 Å². The van der Waals surface area contributed by atoms with Crippen LogP contribution in [0.15, 0.2) is 18.2 Å². The van der Waals surface area contributed by atoms with Gasteiger partial charge < -0.3 is 10.2 Å². The molecule has 0 atom stereocenters. The first-order valence-corrected chi connectivity index (χ1v) is 8.15. The quantitative estimate of drug-likeness (QED) is 0.904. The Morgan fingerprint density at radius 1 is 1.30 bits per heavy atom. The molecule has 5 nitrogen and oxygen atoms in total. The molecular weight excluding hydrogens is 337 g/mol. The van der Waals surface area contributed by atoms with Gasteiger partial charge in [-0.05, 0) is 37.0 Å². The second-order valence-corrected chi connectivity index (χ2v) is 6.34. The number of benzene rings is 1. The van der Waals surface area contributed by atoms with Gasteiger partial charge in [0.2, 0.25) is 5.91 Å². The molecule has 1 N–H and O–H groups in total. The molecule has 1 aliphatic rings. The lowest BCUT2D eigenvalue weighted by Gasteiger charge is -2.31. The van der Waals surface area contributed by atoms with Gasteiger partial charge >= 0.3 is 0 Å². The fourth-order valence-electron chi connectivity index (χ4n) is 2.57. The number of nitrogens with zero attached hydrogens (tertiary/aromatic N) is 2. The van der Waals surface area contributed by atoms with Crippen LogP contribution < -0.4 is 5.32 Å². The summed E-state index contributed by atoms with van der Waals surface area (Å²) in [5.74, 6) is -0.0655. The van der Waals surface area contributed by atoms with Crippen molar-refractivity contribution in [3.05, 3.63) is 33.8 Å². The number of hydrogen-bond acceptors (Lipinski definition) is 3. The fraction of sp³-hybridized carbons (Fsp3) is 0.438. The molecule has 0 aliphatic carbocycles. The Labute approximate surface area is 145 Å². The van der Waals surface area contributed by atoms with Crippen LogP contribution in [-0.2, 0) is 4.79 Å². The van der Waals surface area contributed by atoms with E-state index in [0.717, 1.165) is 12.8 Å². The lowest BCUT2D eigenvalue weighted by atomic mass is 9.96. The van der Waals surface area contributed by atoms with E-state index in [0.29, 0.717) is 41.2 Å². The first-order chi connectivity index (χ1) is 11.0. The van der Waals surface area contributed by atoms with Crippen molar-refractivity contribution in [2.75, 3.05) is 19.6 Å². The van der Waals surface area contributed by atoms with E-state index in [9.17, 15) is 9.59 Å². The van der Waals surface area contributed by atoms with E-state index in [2.05, 4.69) is 5.32 Å². The third-order valence-corrected chi connectivity index (χ3v) is 4.49. The summed E-state index contributed by atoms with van der Waals surface area (Å²) in [5, 5.41) is 12.2. The first kappa shape index (κ1) is 17.6. The summed E-state index contributed by atoms with van der Waals surface area (Å²) < 4.78 is 0. The molecule has 1 heterocycles. The molecule has 0 saturated carbocycles. The van der Waals surface area contributed by atoms with Crippen LogP contribution in [0.2, 0.25) is 10.0 Å². The maximum absolute atomic E-state index is 12.2. The number of carbonyl (C=O) groups is 2. The molecule has 0 spiro atoms. The predicted molar refractivity (Wildman–Crippen MR) is 88.3 cm³/mol. The summed E-state index contributed by atoms with van der Waals surface area (Å²) in [7, 11) is 0. The highest BCUT2D eigenvalue weighted by molar-refractivity contribution is 6.35. The molecule has 1 aliphatic heterocycles. The predicted octanol–water partition coefficient (Wildman–Crippen LogP) is 2.88. The zero-order chi connectivity index (χ0) is 16.8. The van der Waals surface area contributed by atoms with E-state index in [1.807, 2.05) is 6.07 Å². The van der Waals surface area contributed by atoms with Crippen molar-refractivity contribution >= 4 is 35.0 Å². The molecule has 0 bridgehead atoms. The smallest absolute Gasteiger partial charge is 0.252 e. The SMILES string of the molecule is N#CCC(=O)N1CCC(CNC(=O)c2cc(Cl)ccc2Cl)CC1. The van der Waals surface area contributed by atoms with Crippen LogP contribution in [0.3, 0.4) is 0 Å². The Morgan fingerprint density at radius 2 is 2.00 bits per heavy atom. The molecule has 122 valence electrons. The van der Waals surface area contributed by atoms with Crippen molar-refractivity contribution in [1.29, 1.82) is 5.26 Å². The standard InChI is InChI=1S/C16H17Cl2N3O2/c17-12-1-2-14(18)13(9-12)16(23)20-10-11-4-7-21(8-5-11)15(22)3-6-19/h1-2,9,11H,3-5,7-8,10H2,(H,20,23). The minimum Gasteiger partial charge on any atom is -0.352 e. The van der Waals surface area contributed by atoms with E-state index in [-0.39, 0.29) is 18.2 Å². The number of carbonyl (C=O) groups excluding carboxylic acids is 2. The zero-order valence-electron chi connectivity index (χ0n) is 12.5. The first-order valence-electron chi connectivity index (χ1n) is 7.39. The molecule has 23 heavy (non-hydrogen) atoms. The number of rotatable bonds is 4. The number of likely N-dealkylation sites (tertiary alicyclic amines) is 1. The van der Waals surface area contributed by atoms with Gasteiger partial charge in [0.15, 0.2) is 0 Å². The molecule has 2 amide bonds.